The van der Waals surface area contributed by atoms with Crippen molar-refractivity contribution in [3.05, 3.63) is 35.2 Å². The van der Waals surface area contributed by atoms with Gasteiger partial charge in [0.25, 0.3) is 5.89 Å². The van der Waals surface area contributed by atoms with Gasteiger partial charge in [0.15, 0.2) is 5.57 Å². The number of amides is 1. The van der Waals surface area contributed by atoms with Gasteiger partial charge in [-0.25, -0.2) is 4.79 Å². The average Bonchev–Trinajstić information content (AvgIpc) is 3.23. The van der Waals surface area contributed by atoms with Gasteiger partial charge in [-0.2, -0.15) is 0 Å². The normalized spacial score (nSPS) is 18.4. The Labute approximate surface area is 154 Å². The molecule has 1 aliphatic rings. The number of esters is 1. The molecule has 1 unspecified atom stereocenters. The van der Waals surface area contributed by atoms with Crippen molar-refractivity contribution in [2.24, 2.45) is 0 Å². The van der Waals surface area contributed by atoms with E-state index in [1.165, 1.54) is 11.8 Å². The van der Waals surface area contributed by atoms with E-state index < -0.39 is 5.97 Å². The lowest BCUT2D eigenvalue weighted by atomic mass is 10.2. The number of nitrogens with one attached hydrogen (secondary N) is 1. The zero-order valence-electron chi connectivity index (χ0n) is 14.4. The number of benzene rings is 1. The molecule has 3 rings (SSSR count). The third-order valence-corrected chi connectivity index (χ3v) is 4.69. The number of thioether (sulfide) groups is 1. The number of rotatable bonds is 5. The third kappa shape index (κ3) is 3.57. The number of methoxy groups -OCH3 is 1. The van der Waals surface area contributed by atoms with E-state index in [4.69, 9.17) is 13.9 Å². The second-order valence-corrected chi connectivity index (χ2v) is 6.67. The van der Waals surface area contributed by atoms with Crippen LogP contribution in [-0.4, -0.2) is 41.0 Å². The maximum Gasteiger partial charge on any atom is 0.346 e. The minimum Gasteiger partial charge on any atom is -0.497 e. The van der Waals surface area contributed by atoms with Crippen LogP contribution in [0, 0.1) is 0 Å². The van der Waals surface area contributed by atoms with Crippen molar-refractivity contribution in [2.45, 2.75) is 19.1 Å². The van der Waals surface area contributed by atoms with Crippen LogP contribution in [0.25, 0.3) is 17.0 Å². The monoisotopic (exact) mass is 375 g/mol. The van der Waals surface area contributed by atoms with E-state index in [9.17, 15) is 9.59 Å². The van der Waals surface area contributed by atoms with E-state index in [2.05, 4.69) is 15.5 Å². The van der Waals surface area contributed by atoms with Crippen molar-refractivity contribution in [1.29, 1.82) is 0 Å². The molecular formula is C17H17N3O5S. The number of ether oxygens (including phenoxy) is 2. The number of hydrogen-bond acceptors (Lipinski definition) is 8. The van der Waals surface area contributed by atoms with Gasteiger partial charge in [0, 0.05) is 5.56 Å². The van der Waals surface area contributed by atoms with Crippen LogP contribution in [0.15, 0.2) is 33.7 Å². The molecular weight excluding hydrogens is 358 g/mol. The lowest BCUT2D eigenvalue weighted by Crippen LogP contribution is -2.21. The van der Waals surface area contributed by atoms with E-state index in [-0.39, 0.29) is 35.1 Å². The van der Waals surface area contributed by atoms with E-state index >= 15 is 0 Å². The highest BCUT2D eigenvalue weighted by molar-refractivity contribution is 8.05. The zero-order chi connectivity index (χ0) is 18.7. The van der Waals surface area contributed by atoms with Crippen LogP contribution in [0.1, 0.15) is 19.7 Å². The fourth-order valence-electron chi connectivity index (χ4n) is 2.25. The Balaban J connectivity index is 1.98. The number of carbonyl (C=O) groups is 2. The van der Waals surface area contributed by atoms with E-state index in [0.29, 0.717) is 16.3 Å². The van der Waals surface area contributed by atoms with Crippen LogP contribution in [-0.2, 0) is 14.3 Å². The van der Waals surface area contributed by atoms with Crippen molar-refractivity contribution >= 4 is 29.2 Å². The predicted octanol–water partition coefficient (Wildman–Crippen LogP) is 2.23. The van der Waals surface area contributed by atoms with Gasteiger partial charge in [-0.05, 0) is 38.1 Å². The average molecular weight is 375 g/mol. The van der Waals surface area contributed by atoms with Crippen LogP contribution in [0.5, 0.6) is 5.75 Å². The molecule has 26 heavy (non-hydrogen) atoms. The SMILES string of the molecule is CCOC(=O)/C(=C1\NC(=O)C(C)S1)c1nnc(-c2ccc(OC)cc2)o1. The molecule has 136 valence electrons. The van der Waals surface area contributed by atoms with Crippen LogP contribution < -0.4 is 10.1 Å². The minimum absolute atomic E-state index is 0.00818. The Bertz CT molecular complexity index is 860. The molecule has 2 aromatic rings. The predicted molar refractivity (Wildman–Crippen MR) is 95.0 cm³/mol. The molecule has 9 heteroatoms. The maximum absolute atomic E-state index is 12.4. The topological polar surface area (TPSA) is 104 Å². The van der Waals surface area contributed by atoms with Crippen LogP contribution in [0.2, 0.25) is 0 Å². The van der Waals surface area contributed by atoms with Crippen molar-refractivity contribution in [1.82, 2.24) is 15.5 Å². The van der Waals surface area contributed by atoms with Crippen LogP contribution in [0.4, 0.5) is 0 Å². The summed E-state index contributed by atoms with van der Waals surface area (Å²) in [4.78, 5) is 24.2. The lowest BCUT2D eigenvalue weighted by molar-refractivity contribution is -0.136. The highest BCUT2D eigenvalue weighted by atomic mass is 32.2. The summed E-state index contributed by atoms with van der Waals surface area (Å²) in [5, 5.41) is 10.7. The molecule has 0 bridgehead atoms. The Hall–Kier alpha value is -2.81. The van der Waals surface area contributed by atoms with E-state index in [0.717, 1.165) is 0 Å². The van der Waals surface area contributed by atoms with Gasteiger partial charge in [0.05, 0.1) is 24.0 Å². The first kappa shape index (κ1) is 18.0. The molecule has 8 nitrogen and oxygen atoms in total. The van der Waals surface area contributed by atoms with E-state index in [1.807, 2.05) is 0 Å². The lowest BCUT2D eigenvalue weighted by Gasteiger charge is -2.06. The van der Waals surface area contributed by atoms with Crippen molar-refractivity contribution in [2.75, 3.05) is 13.7 Å². The van der Waals surface area contributed by atoms with Gasteiger partial charge in [-0.3, -0.25) is 4.79 Å². The molecule has 0 aliphatic carbocycles. The van der Waals surface area contributed by atoms with Gasteiger partial charge in [-0.15, -0.1) is 10.2 Å². The molecule has 1 aromatic carbocycles. The maximum atomic E-state index is 12.4. The smallest absolute Gasteiger partial charge is 0.346 e. The number of hydrogen-bond donors (Lipinski definition) is 1. The molecule has 0 radical (unpaired) electrons. The van der Waals surface area contributed by atoms with Gasteiger partial charge in [-0.1, -0.05) is 11.8 Å². The summed E-state index contributed by atoms with van der Waals surface area (Å²) in [7, 11) is 1.58. The molecule has 0 saturated carbocycles. The second-order valence-electron chi connectivity index (χ2n) is 5.31. The standard InChI is InChI=1S/C17H17N3O5S/c1-4-24-17(22)12(16-18-13(21)9(2)26-16)15-20-19-14(25-15)10-5-7-11(23-3)8-6-10/h5-9H,4H2,1-3H3,(H,18,21)/b16-12+. The second kappa shape index (κ2) is 7.61. The summed E-state index contributed by atoms with van der Waals surface area (Å²) in [6.07, 6.45) is 0. The van der Waals surface area contributed by atoms with E-state index in [1.54, 1.807) is 45.2 Å². The Morgan fingerprint density at radius 2 is 2.04 bits per heavy atom. The largest absolute Gasteiger partial charge is 0.497 e. The summed E-state index contributed by atoms with van der Waals surface area (Å²) in [5.74, 6) is 0.108. The molecule has 1 aromatic heterocycles. The Kier molecular flexibility index (Phi) is 5.27. The first-order valence-electron chi connectivity index (χ1n) is 7.90. The number of nitrogens with zero attached hydrogens (tertiary/aromatic N) is 2. The van der Waals surface area contributed by atoms with Crippen LogP contribution in [0.3, 0.4) is 0 Å². The summed E-state index contributed by atoms with van der Waals surface area (Å²) in [6.45, 7) is 3.62. The Morgan fingerprint density at radius 1 is 1.31 bits per heavy atom. The minimum atomic E-state index is -0.630. The zero-order valence-corrected chi connectivity index (χ0v) is 15.3. The summed E-state index contributed by atoms with van der Waals surface area (Å²) < 4.78 is 15.9. The highest BCUT2D eigenvalue weighted by Crippen LogP contribution is 2.34. The van der Waals surface area contributed by atoms with Gasteiger partial charge in [0.2, 0.25) is 11.8 Å². The van der Waals surface area contributed by atoms with Gasteiger partial charge in [0.1, 0.15) is 5.75 Å². The quantitative estimate of drug-likeness (QED) is 0.627. The molecule has 0 spiro atoms. The fraction of sp³-hybridized carbons (Fsp3) is 0.294. The van der Waals surface area contributed by atoms with Crippen molar-refractivity contribution in [3.8, 4) is 17.2 Å². The molecule has 1 amide bonds. The first-order chi connectivity index (χ1) is 12.5. The Morgan fingerprint density at radius 3 is 2.62 bits per heavy atom. The summed E-state index contributed by atoms with van der Waals surface area (Å²) in [5.41, 5.74) is 0.732. The third-order valence-electron chi connectivity index (χ3n) is 3.58. The fourth-order valence-corrected chi connectivity index (χ4v) is 3.22. The van der Waals surface area contributed by atoms with Gasteiger partial charge >= 0.3 is 5.97 Å². The molecule has 1 atom stereocenters. The highest BCUT2D eigenvalue weighted by Gasteiger charge is 2.33. The number of carbonyl (C=O) groups excluding carboxylic acids is 2. The van der Waals surface area contributed by atoms with Gasteiger partial charge < -0.3 is 19.2 Å². The molecule has 1 saturated heterocycles. The van der Waals surface area contributed by atoms with Crippen LogP contribution >= 0.6 is 11.8 Å². The molecule has 1 fully saturated rings. The summed E-state index contributed by atoms with van der Waals surface area (Å²) in [6, 6.07) is 7.06. The van der Waals surface area contributed by atoms with Crippen molar-refractivity contribution < 1.29 is 23.5 Å². The molecule has 1 N–H and O–H groups in total. The van der Waals surface area contributed by atoms with Crippen molar-refractivity contribution in [3.63, 3.8) is 0 Å². The molecule has 2 heterocycles. The first-order valence-corrected chi connectivity index (χ1v) is 8.78. The summed E-state index contributed by atoms with van der Waals surface area (Å²) >= 11 is 1.21. The molecule has 1 aliphatic heterocycles. The number of aromatic nitrogens is 2.